The number of hydrogen-bond donors (Lipinski definition) is 3. The third-order valence-corrected chi connectivity index (χ3v) is 1.95. The third kappa shape index (κ3) is 2.03. The Balaban J connectivity index is 3.12. The van der Waals surface area contributed by atoms with E-state index in [1.165, 1.54) is 6.07 Å². The van der Waals surface area contributed by atoms with Crippen LogP contribution in [0.4, 0.5) is 10.1 Å². The quantitative estimate of drug-likeness (QED) is 0.391. The van der Waals surface area contributed by atoms with Gasteiger partial charge in [-0.3, -0.25) is 0 Å². The molecular weight excluding hydrogens is 183 g/mol. The molecule has 1 rings (SSSR count). The van der Waals surface area contributed by atoms with Crippen molar-refractivity contribution in [2.45, 2.75) is 12.5 Å². The highest BCUT2D eigenvalue weighted by Crippen LogP contribution is 2.31. The van der Waals surface area contributed by atoms with E-state index in [1.807, 2.05) is 0 Å². The van der Waals surface area contributed by atoms with E-state index in [1.54, 1.807) is 6.08 Å². The van der Waals surface area contributed by atoms with Gasteiger partial charge < -0.3 is 16.6 Å². The Bertz CT molecular complexity index is 352. The van der Waals surface area contributed by atoms with E-state index in [0.717, 1.165) is 6.07 Å². The molecule has 0 spiro atoms. The molecule has 0 amide bonds. The minimum Gasteiger partial charge on any atom is -0.505 e. The summed E-state index contributed by atoms with van der Waals surface area (Å²) in [5.41, 5.74) is 11.4. The highest BCUT2D eigenvalue weighted by atomic mass is 19.1. The Kier molecular flexibility index (Phi) is 3.09. The maximum absolute atomic E-state index is 12.9. The first-order valence-electron chi connectivity index (χ1n) is 4.20. The Hall–Kier alpha value is -1.55. The molecule has 0 unspecified atom stereocenters. The van der Waals surface area contributed by atoms with Crippen molar-refractivity contribution in [3.05, 3.63) is 36.2 Å². The zero-order valence-corrected chi connectivity index (χ0v) is 7.70. The SMILES string of the molecule is C=CC[C@H](N)c1cc(F)cc(N)c1O. The molecule has 76 valence electrons. The van der Waals surface area contributed by atoms with Gasteiger partial charge in [0, 0.05) is 17.7 Å². The fourth-order valence-electron chi connectivity index (χ4n) is 1.23. The number of phenolic OH excluding ortho intramolecular Hbond substituents is 1. The number of phenols is 1. The number of halogens is 1. The maximum atomic E-state index is 12.9. The fourth-order valence-corrected chi connectivity index (χ4v) is 1.23. The summed E-state index contributed by atoms with van der Waals surface area (Å²) < 4.78 is 12.9. The summed E-state index contributed by atoms with van der Waals surface area (Å²) in [6.45, 7) is 3.51. The lowest BCUT2D eigenvalue weighted by Crippen LogP contribution is -2.10. The average Bonchev–Trinajstić information content (AvgIpc) is 2.11. The van der Waals surface area contributed by atoms with Crippen molar-refractivity contribution < 1.29 is 9.50 Å². The normalized spacial score (nSPS) is 12.4. The van der Waals surface area contributed by atoms with Crippen LogP contribution in [-0.2, 0) is 0 Å². The van der Waals surface area contributed by atoms with E-state index in [-0.39, 0.29) is 11.4 Å². The van der Waals surface area contributed by atoms with Crippen LogP contribution < -0.4 is 11.5 Å². The van der Waals surface area contributed by atoms with E-state index in [4.69, 9.17) is 11.5 Å². The largest absolute Gasteiger partial charge is 0.505 e. The van der Waals surface area contributed by atoms with E-state index < -0.39 is 11.9 Å². The summed E-state index contributed by atoms with van der Waals surface area (Å²) in [6.07, 6.45) is 2.06. The molecule has 0 heterocycles. The molecule has 5 N–H and O–H groups in total. The van der Waals surface area contributed by atoms with E-state index in [9.17, 15) is 9.50 Å². The number of nitrogens with two attached hydrogens (primary N) is 2. The number of anilines is 1. The Morgan fingerprint density at radius 3 is 2.79 bits per heavy atom. The van der Waals surface area contributed by atoms with Crippen LogP contribution in [0, 0.1) is 5.82 Å². The van der Waals surface area contributed by atoms with Gasteiger partial charge in [0.25, 0.3) is 0 Å². The second-order valence-corrected chi connectivity index (χ2v) is 3.06. The number of rotatable bonds is 3. The van der Waals surface area contributed by atoms with Crippen LogP contribution >= 0.6 is 0 Å². The molecule has 3 nitrogen and oxygen atoms in total. The zero-order valence-electron chi connectivity index (χ0n) is 7.70. The summed E-state index contributed by atoms with van der Waals surface area (Å²) >= 11 is 0. The molecule has 0 bridgehead atoms. The fraction of sp³-hybridized carbons (Fsp3) is 0.200. The topological polar surface area (TPSA) is 72.3 Å². The van der Waals surface area contributed by atoms with Gasteiger partial charge in [-0.2, -0.15) is 0 Å². The first-order valence-corrected chi connectivity index (χ1v) is 4.20. The number of hydrogen-bond acceptors (Lipinski definition) is 3. The first-order chi connectivity index (χ1) is 6.56. The summed E-state index contributed by atoms with van der Waals surface area (Å²) in [4.78, 5) is 0. The standard InChI is InChI=1S/C10H13FN2O/c1-2-3-8(12)7-4-6(11)5-9(13)10(7)14/h2,4-5,8,14H,1,3,12-13H2/t8-/m0/s1. The minimum absolute atomic E-state index is 0.000452. The smallest absolute Gasteiger partial charge is 0.143 e. The Morgan fingerprint density at radius 1 is 1.57 bits per heavy atom. The van der Waals surface area contributed by atoms with E-state index in [2.05, 4.69) is 6.58 Å². The van der Waals surface area contributed by atoms with Crippen molar-refractivity contribution in [2.24, 2.45) is 5.73 Å². The predicted octanol–water partition coefficient (Wildman–Crippen LogP) is 1.69. The number of benzene rings is 1. The van der Waals surface area contributed by atoms with Gasteiger partial charge >= 0.3 is 0 Å². The van der Waals surface area contributed by atoms with Crippen molar-refractivity contribution in [3.8, 4) is 5.75 Å². The van der Waals surface area contributed by atoms with Gasteiger partial charge in [0.1, 0.15) is 11.6 Å². The lowest BCUT2D eigenvalue weighted by atomic mass is 10.0. The van der Waals surface area contributed by atoms with Gasteiger partial charge in [0.05, 0.1) is 5.69 Å². The van der Waals surface area contributed by atoms with E-state index in [0.29, 0.717) is 12.0 Å². The van der Waals surface area contributed by atoms with Crippen LogP contribution in [0.15, 0.2) is 24.8 Å². The Labute approximate surface area is 81.8 Å². The van der Waals surface area contributed by atoms with Crippen LogP contribution in [0.1, 0.15) is 18.0 Å². The van der Waals surface area contributed by atoms with Crippen molar-refractivity contribution >= 4 is 5.69 Å². The van der Waals surface area contributed by atoms with Gasteiger partial charge in [-0.1, -0.05) is 6.08 Å². The molecule has 1 atom stereocenters. The molecular formula is C10H13FN2O. The van der Waals surface area contributed by atoms with Crippen molar-refractivity contribution in [1.82, 2.24) is 0 Å². The summed E-state index contributed by atoms with van der Waals surface area (Å²) in [7, 11) is 0. The van der Waals surface area contributed by atoms with Gasteiger partial charge in [-0.15, -0.1) is 6.58 Å². The number of aromatic hydroxyl groups is 1. The summed E-state index contributed by atoms with van der Waals surface area (Å²) in [6, 6.07) is 1.75. The predicted molar refractivity (Wildman–Crippen MR) is 54.2 cm³/mol. The monoisotopic (exact) mass is 196 g/mol. The highest BCUT2D eigenvalue weighted by molar-refractivity contribution is 5.57. The lowest BCUT2D eigenvalue weighted by Gasteiger charge is -2.13. The molecule has 0 aliphatic heterocycles. The first kappa shape index (κ1) is 10.5. The Morgan fingerprint density at radius 2 is 2.21 bits per heavy atom. The van der Waals surface area contributed by atoms with Crippen LogP contribution in [0.25, 0.3) is 0 Å². The van der Waals surface area contributed by atoms with Gasteiger partial charge in [-0.25, -0.2) is 4.39 Å². The van der Waals surface area contributed by atoms with Gasteiger partial charge in [0.2, 0.25) is 0 Å². The zero-order chi connectivity index (χ0) is 10.7. The minimum atomic E-state index is -0.505. The van der Waals surface area contributed by atoms with Crippen LogP contribution in [0.5, 0.6) is 5.75 Å². The van der Waals surface area contributed by atoms with Crippen molar-refractivity contribution in [2.75, 3.05) is 5.73 Å². The molecule has 0 fully saturated rings. The maximum Gasteiger partial charge on any atom is 0.143 e. The van der Waals surface area contributed by atoms with Crippen molar-refractivity contribution in [1.29, 1.82) is 0 Å². The van der Waals surface area contributed by atoms with Crippen LogP contribution in [-0.4, -0.2) is 5.11 Å². The molecule has 14 heavy (non-hydrogen) atoms. The molecule has 0 saturated carbocycles. The molecule has 0 aliphatic carbocycles. The summed E-state index contributed by atoms with van der Waals surface area (Å²) in [5.74, 6) is -0.657. The molecule has 1 aromatic carbocycles. The van der Waals surface area contributed by atoms with Crippen molar-refractivity contribution in [3.63, 3.8) is 0 Å². The van der Waals surface area contributed by atoms with Gasteiger partial charge in [0.15, 0.2) is 0 Å². The molecule has 0 aliphatic rings. The molecule has 0 aromatic heterocycles. The van der Waals surface area contributed by atoms with Crippen LogP contribution in [0.2, 0.25) is 0 Å². The van der Waals surface area contributed by atoms with Crippen LogP contribution in [0.3, 0.4) is 0 Å². The summed E-state index contributed by atoms with van der Waals surface area (Å²) in [5, 5.41) is 9.51. The second kappa shape index (κ2) is 4.11. The highest BCUT2D eigenvalue weighted by Gasteiger charge is 2.13. The molecule has 0 radical (unpaired) electrons. The van der Waals surface area contributed by atoms with E-state index >= 15 is 0 Å². The average molecular weight is 196 g/mol. The molecule has 1 aromatic rings. The molecule has 0 saturated heterocycles. The van der Waals surface area contributed by atoms with Gasteiger partial charge in [-0.05, 0) is 12.5 Å². The lowest BCUT2D eigenvalue weighted by molar-refractivity contribution is 0.461. The molecule has 4 heteroatoms. The number of nitrogen functional groups attached to an aromatic ring is 1. The third-order valence-electron chi connectivity index (χ3n) is 1.95. The second-order valence-electron chi connectivity index (χ2n) is 3.06.